The van der Waals surface area contributed by atoms with Gasteiger partial charge < -0.3 is 24.6 Å². The van der Waals surface area contributed by atoms with E-state index in [1.165, 1.54) is 11.3 Å². The number of nitrogens with one attached hydrogen (secondary N) is 2. The van der Waals surface area contributed by atoms with E-state index in [1.54, 1.807) is 7.11 Å². The number of methoxy groups -OCH3 is 1. The van der Waals surface area contributed by atoms with Crippen LogP contribution >= 0.6 is 0 Å². The number of quaternary nitrogens is 1. The van der Waals surface area contributed by atoms with Crippen LogP contribution in [0.1, 0.15) is 5.56 Å². The molecule has 0 bridgehead atoms. The molecular formula is C21H28N3O3+. The first-order valence-electron chi connectivity index (χ1n) is 9.31. The van der Waals surface area contributed by atoms with Crippen molar-refractivity contribution in [3.05, 3.63) is 54.1 Å². The number of carbonyl (C=O) groups is 1. The fourth-order valence-electron chi connectivity index (χ4n) is 3.21. The van der Waals surface area contributed by atoms with Gasteiger partial charge in [-0.25, -0.2) is 0 Å². The van der Waals surface area contributed by atoms with Crippen LogP contribution in [-0.4, -0.2) is 52.9 Å². The van der Waals surface area contributed by atoms with Gasteiger partial charge in [-0.15, -0.1) is 0 Å². The maximum Gasteiger partial charge on any atom is 0.279 e. The molecule has 0 saturated carbocycles. The number of rotatable bonds is 7. The van der Waals surface area contributed by atoms with Gasteiger partial charge in [-0.2, -0.15) is 0 Å². The smallest absolute Gasteiger partial charge is 0.279 e. The van der Waals surface area contributed by atoms with E-state index in [0.29, 0.717) is 6.54 Å². The Balaban J connectivity index is 1.47. The van der Waals surface area contributed by atoms with Crippen LogP contribution in [0.5, 0.6) is 5.75 Å². The number of likely N-dealkylation sites (N-methyl/N-ethyl adjacent to an activating group) is 1. The van der Waals surface area contributed by atoms with E-state index in [0.717, 1.165) is 49.2 Å². The molecule has 1 heterocycles. The molecule has 2 aromatic carbocycles. The summed E-state index contributed by atoms with van der Waals surface area (Å²) in [5, 5.41) is 2.98. The van der Waals surface area contributed by atoms with Gasteiger partial charge in [0.15, 0.2) is 6.54 Å². The summed E-state index contributed by atoms with van der Waals surface area (Å²) in [7, 11) is 3.68. The van der Waals surface area contributed by atoms with Gasteiger partial charge in [0, 0.05) is 30.0 Å². The summed E-state index contributed by atoms with van der Waals surface area (Å²) in [6.45, 7) is 4.55. The van der Waals surface area contributed by atoms with Gasteiger partial charge in [0.25, 0.3) is 5.91 Å². The van der Waals surface area contributed by atoms with Gasteiger partial charge >= 0.3 is 0 Å². The summed E-state index contributed by atoms with van der Waals surface area (Å²) >= 11 is 0. The maximum absolute atomic E-state index is 12.3. The molecule has 1 aliphatic heterocycles. The van der Waals surface area contributed by atoms with Gasteiger partial charge in [-0.05, 0) is 48.5 Å². The molecule has 1 unspecified atom stereocenters. The van der Waals surface area contributed by atoms with Gasteiger partial charge in [0.2, 0.25) is 0 Å². The van der Waals surface area contributed by atoms with E-state index in [2.05, 4.69) is 22.3 Å². The van der Waals surface area contributed by atoms with Crippen molar-refractivity contribution in [1.29, 1.82) is 0 Å². The van der Waals surface area contributed by atoms with E-state index >= 15 is 0 Å². The summed E-state index contributed by atoms with van der Waals surface area (Å²) in [6, 6.07) is 16.0. The van der Waals surface area contributed by atoms with Crippen LogP contribution in [0.3, 0.4) is 0 Å². The first-order valence-corrected chi connectivity index (χ1v) is 9.31. The first-order chi connectivity index (χ1) is 13.1. The molecule has 1 atom stereocenters. The Labute approximate surface area is 160 Å². The summed E-state index contributed by atoms with van der Waals surface area (Å²) in [5.41, 5.74) is 3.17. The van der Waals surface area contributed by atoms with E-state index in [1.807, 2.05) is 43.4 Å². The highest BCUT2D eigenvalue weighted by Gasteiger charge is 2.13. The highest BCUT2D eigenvalue weighted by Crippen LogP contribution is 2.18. The SMILES string of the molecule is COc1ccc(C[NH+](C)CC(=O)Nc2ccc(N3CCOCC3)cc2)cc1. The highest BCUT2D eigenvalue weighted by atomic mass is 16.5. The molecule has 1 saturated heterocycles. The molecule has 0 aromatic heterocycles. The van der Waals surface area contributed by atoms with Crippen molar-refractivity contribution >= 4 is 17.3 Å². The number of hydrogen-bond acceptors (Lipinski definition) is 4. The average molecular weight is 370 g/mol. The number of carbonyl (C=O) groups excluding carboxylic acids is 1. The Bertz CT molecular complexity index is 725. The van der Waals surface area contributed by atoms with Gasteiger partial charge in [0.05, 0.1) is 27.4 Å². The number of anilines is 2. The fraction of sp³-hybridized carbons (Fsp3) is 0.381. The Morgan fingerprint density at radius 1 is 1.11 bits per heavy atom. The van der Waals surface area contributed by atoms with Gasteiger partial charge in [-0.3, -0.25) is 4.79 Å². The van der Waals surface area contributed by atoms with Crippen molar-refractivity contribution in [2.24, 2.45) is 0 Å². The lowest BCUT2D eigenvalue weighted by Crippen LogP contribution is -3.08. The lowest BCUT2D eigenvalue weighted by atomic mass is 10.2. The Morgan fingerprint density at radius 3 is 2.41 bits per heavy atom. The third-order valence-corrected chi connectivity index (χ3v) is 4.65. The number of amides is 1. The van der Waals surface area contributed by atoms with Crippen molar-refractivity contribution in [3.63, 3.8) is 0 Å². The van der Waals surface area contributed by atoms with Crippen LogP contribution in [0.25, 0.3) is 0 Å². The molecule has 0 aliphatic carbocycles. The highest BCUT2D eigenvalue weighted by molar-refractivity contribution is 5.91. The van der Waals surface area contributed by atoms with Crippen molar-refractivity contribution in [1.82, 2.24) is 0 Å². The molecular weight excluding hydrogens is 342 g/mol. The third-order valence-electron chi connectivity index (χ3n) is 4.65. The van der Waals surface area contributed by atoms with Crippen molar-refractivity contribution < 1.29 is 19.2 Å². The monoisotopic (exact) mass is 370 g/mol. The van der Waals surface area contributed by atoms with E-state index < -0.39 is 0 Å². The molecule has 1 aliphatic rings. The lowest BCUT2D eigenvalue weighted by Gasteiger charge is -2.28. The van der Waals surface area contributed by atoms with Crippen LogP contribution in [0.4, 0.5) is 11.4 Å². The molecule has 0 radical (unpaired) electrons. The van der Waals surface area contributed by atoms with Crippen molar-refractivity contribution in [3.8, 4) is 5.75 Å². The molecule has 27 heavy (non-hydrogen) atoms. The second-order valence-corrected chi connectivity index (χ2v) is 6.85. The van der Waals surface area contributed by atoms with Crippen LogP contribution in [0.2, 0.25) is 0 Å². The molecule has 1 fully saturated rings. The van der Waals surface area contributed by atoms with Crippen molar-refractivity contribution in [2.45, 2.75) is 6.54 Å². The zero-order valence-electron chi connectivity index (χ0n) is 16.0. The Morgan fingerprint density at radius 2 is 1.78 bits per heavy atom. The summed E-state index contributed by atoms with van der Waals surface area (Å²) < 4.78 is 10.6. The first kappa shape index (κ1) is 19.2. The second kappa shape index (κ2) is 9.39. The number of hydrogen-bond donors (Lipinski definition) is 2. The van der Waals surface area contributed by atoms with Gasteiger partial charge in [0.1, 0.15) is 12.3 Å². The van der Waals surface area contributed by atoms with Gasteiger partial charge in [-0.1, -0.05) is 0 Å². The zero-order valence-corrected chi connectivity index (χ0v) is 16.0. The van der Waals surface area contributed by atoms with Crippen LogP contribution in [-0.2, 0) is 16.1 Å². The molecule has 2 N–H and O–H groups in total. The topological polar surface area (TPSA) is 55.2 Å². The molecule has 144 valence electrons. The van der Waals surface area contributed by atoms with Crippen LogP contribution in [0, 0.1) is 0 Å². The molecule has 0 spiro atoms. The summed E-state index contributed by atoms with van der Waals surface area (Å²) in [4.78, 5) is 15.7. The predicted octanol–water partition coefficient (Wildman–Crippen LogP) is 1.19. The quantitative estimate of drug-likeness (QED) is 0.769. The van der Waals surface area contributed by atoms with E-state index in [-0.39, 0.29) is 5.91 Å². The largest absolute Gasteiger partial charge is 0.497 e. The van der Waals surface area contributed by atoms with E-state index in [4.69, 9.17) is 9.47 Å². The van der Waals surface area contributed by atoms with E-state index in [9.17, 15) is 4.79 Å². The minimum Gasteiger partial charge on any atom is -0.497 e. The third kappa shape index (κ3) is 5.70. The predicted molar refractivity (Wildman–Crippen MR) is 107 cm³/mol. The molecule has 1 amide bonds. The number of nitrogens with zero attached hydrogens (tertiary/aromatic N) is 1. The summed E-state index contributed by atoms with van der Waals surface area (Å²) in [5.74, 6) is 0.856. The molecule has 2 aromatic rings. The summed E-state index contributed by atoms with van der Waals surface area (Å²) in [6.07, 6.45) is 0. The fourth-order valence-corrected chi connectivity index (χ4v) is 3.21. The lowest BCUT2D eigenvalue weighted by molar-refractivity contribution is -0.885. The molecule has 6 heteroatoms. The molecule has 3 rings (SSSR count). The Kier molecular flexibility index (Phi) is 6.68. The standard InChI is InChI=1S/C21H27N3O3/c1-23(15-17-3-9-20(26-2)10-4-17)16-21(25)22-18-5-7-19(8-6-18)24-11-13-27-14-12-24/h3-10H,11-16H2,1-2H3,(H,22,25)/p+1. The minimum atomic E-state index is 0.0140. The zero-order chi connectivity index (χ0) is 19.1. The van der Waals surface area contributed by atoms with Crippen molar-refractivity contribution in [2.75, 3.05) is 57.2 Å². The number of benzene rings is 2. The average Bonchev–Trinajstić information content (AvgIpc) is 2.69. The minimum absolute atomic E-state index is 0.0140. The number of morpholine rings is 1. The van der Waals surface area contributed by atoms with Crippen LogP contribution < -0.4 is 19.9 Å². The Hall–Kier alpha value is -2.57. The number of ether oxygens (including phenoxy) is 2. The molecule has 6 nitrogen and oxygen atoms in total. The normalized spacial score (nSPS) is 15.3. The van der Waals surface area contributed by atoms with Crippen LogP contribution in [0.15, 0.2) is 48.5 Å². The second-order valence-electron chi connectivity index (χ2n) is 6.85. The maximum atomic E-state index is 12.3.